The molecule has 1 N–H and O–H groups in total. The molecule has 0 atom stereocenters. The van der Waals surface area contributed by atoms with Crippen LogP contribution >= 0.6 is 0 Å². The Morgan fingerprint density at radius 2 is 1.24 bits per heavy atom. The Morgan fingerprint density at radius 1 is 0.542 bits per heavy atom. The summed E-state index contributed by atoms with van der Waals surface area (Å²) in [6.45, 7) is 13.5. The first-order valence-corrected chi connectivity index (χ1v) is 20.3. The Balaban J connectivity index is 1.24. The summed E-state index contributed by atoms with van der Waals surface area (Å²) in [7, 11) is 0. The van der Waals surface area contributed by atoms with E-state index in [-0.39, 0.29) is 16.6 Å². The molecular weight excluding hydrogens is 723 g/mol. The summed E-state index contributed by atoms with van der Waals surface area (Å²) in [6.07, 6.45) is 1.89. The Morgan fingerprint density at radius 3 is 2.00 bits per heavy atom. The molecule has 59 heavy (non-hydrogen) atoms. The molecule has 5 heteroatoms. The molecule has 0 amide bonds. The van der Waals surface area contributed by atoms with Crippen molar-refractivity contribution in [3.05, 3.63) is 169 Å². The van der Waals surface area contributed by atoms with Crippen LogP contribution in [0.2, 0.25) is 0 Å². The number of benzene rings is 7. The lowest BCUT2D eigenvalue weighted by atomic mass is 9.83. The molecule has 0 bridgehead atoms. The number of phenols is 1. The molecule has 0 aliphatic rings. The van der Waals surface area contributed by atoms with Gasteiger partial charge < -0.3 is 9.52 Å². The third-order valence-electron chi connectivity index (χ3n) is 11.7. The van der Waals surface area contributed by atoms with Gasteiger partial charge in [0.25, 0.3) is 0 Å². The van der Waals surface area contributed by atoms with Gasteiger partial charge >= 0.3 is 0 Å². The minimum absolute atomic E-state index is 0.0573. The highest BCUT2D eigenvalue weighted by Gasteiger charge is 2.25. The van der Waals surface area contributed by atoms with Gasteiger partial charge in [-0.05, 0) is 105 Å². The molecule has 5 nitrogen and oxygen atoms in total. The van der Waals surface area contributed by atoms with E-state index in [2.05, 4.69) is 174 Å². The van der Waals surface area contributed by atoms with Crippen molar-refractivity contribution >= 4 is 43.7 Å². The van der Waals surface area contributed by atoms with Gasteiger partial charge in [-0.25, -0.2) is 4.98 Å². The van der Waals surface area contributed by atoms with E-state index in [9.17, 15) is 5.11 Å². The number of hydrogen-bond acceptors (Lipinski definition) is 4. The number of phenolic OH excluding ortho intramolecular Hbond substituents is 1. The normalized spacial score (nSPS) is 12.3. The van der Waals surface area contributed by atoms with E-state index in [4.69, 9.17) is 14.4 Å². The second-order valence-electron chi connectivity index (χ2n) is 17.7. The fourth-order valence-corrected chi connectivity index (χ4v) is 8.41. The maximum Gasteiger partial charge on any atom is 0.161 e. The van der Waals surface area contributed by atoms with Crippen LogP contribution in [0.3, 0.4) is 0 Å². The van der Waals surface area contributed by atoms with Gasteiger partial charge in [-0.3, -0.25) is 9.55 Å². The fourth-order valence-electron chi connectivity index (χ4n) is 8.41. The smallest absolute Gasteiger partial charge is 0.161 e. The van der Waals surface area contributed by atoms with Crippen LogP contribution in [0, 0.1) is 0 Å². The van der Waals surface area contributed by atoms with Crippen molar-refractivity contribution < 1.29 is 9.52 Å². The molecule has 0 radical (unpaired) electrons. The minimum Gasteiger partial charge on any atom is -0.507 e. The maximum absolute atomic E-state index is 11.4. The number of nitrogens with zero attached hydrogens (tertiary/aromatic N) is 3. The molecule has 0 aliphatic heterocycles. The van der Waals surface area contributed by atoms with Crippen molar-refractivity contribution in [1.82, 2.24) is 14.5 Å². The Labute approximate surface area is 344 Å². The van der Waals surface area contributed by atoms with Crippen molar-refractivity contribution in [3.8, 4) is 56.3 Å². The van der Waals surface area contributed by atoms with Crippen LogP contribution in [0.25, 0.3) is 94.3 Å². The molecule has 288 valence electrons. The van der Waals surface area contributed by atoms with Gasteiger partial charge in [0.1, 0.15) is 22.9 Å². The molecule has 0 saturated heterocycles. The van der Waals surface area contributed by atoms with Crippen molar-refractivity contribution in [3.63, 3.8) is 0 Å². The monoisotopic (exact) mass is 767 g/mol. The average molecular weight is 768 g/mol. The van der Waals surface area contributed by atoms with Crippen LogP contribution in [-0.2, 0) is 10.8 Å². The van der Waals surface area contributed by atoms with Crippen LogP contribution in [0.5, 0.6) is 5.75 Å². The zero-order chi connectivity index (χ0) is 40.6. The minimum atomic E-state index is -0.169. The Kier molecular flexibility index (Phi) is 8.36. The average Bonchev–Trinajstić information content (AvgIpc) is 3.80. The lowest BCUT2D eigenvalue weighted by Gasteiger charge is -2.23. The van der Waals surface area contributed by atoms with Crippen LogP contribution in [0.1, 0.15) is 52.7 Å². The highest BCUT2D eigenvalue weighted by Crippen LogP contribution is 2.43. The number of para-hydroxylation sites is 2. The first kappa shape index (κ1) is 36.4. The number of rotatable bonds is 5. The second kappa shape index (κ2) is 13.6. The third-order valence-corrected chi connectivity index (χ3v) is 11.7. The summed E-state index contributed by atoms with van der Waals surface area (Å²) in [5.41, 5.74) is 13.2. The van der Waals surface area contributed by atoms with Gasteiger partial charge in [-0.2, -0.15) is 0 Å². The molecule has 0 spiro atoms. The molecular formula is C54H45N3O2. The first-order valence-electron chi connectivity index (χ1n) is 20.3. The summed E-state index contributed by atoms with van der Waals surface area (Å²) in [5.74, 6) is 0.840. The van der Waals surface area contributed by atoms with E-state index in [0.717, 1.165) is 77.6 Å². The molecule has 10 rings (SSSR count). The summed E-state index contributed by atoms with van der Waals surface area (Å²) in [5, 5.41) is 15.8. The molecule has 3 aromatic heterocycles. The van der Waals surface area contributed by atoms with E-state index in [1.54, 1.807) is 6.07 Å². The Hall–Kier alpha value is -6.98. The maximum atomic E-state index is 11.4. The Bertz CT molecular complexity index is 3250. The molecule has 0 saturated carbocycles. The van der Waals surface area contributed by atoms with Gasteiger partial charge in [0.2, 0.25) is 0 Å². The fraction of sp³-hybridized carbons (Fsp3) is 0.148. The molecule has 0 fully saturated rings. The van der Waals surface area contributed by atoms with E-state index in [0.29, 0.717) is 11.4 Å². The van der Waals surface area contributed by atoms with Crippen molar-refractivity contribution in [2.75, 3.05) is 0 Å². The van der Waals surface area contributed by atoms with Crippen molar-refractivity contribution in [2.24, 2.45) is 0 Å². The largest absolute Gasteiger partial charge is 0.507 e. The molecule has 0 aliphatic carbocycles. The highest BCUT2D eigenvalue weighted by molar-refractivity contribution is 6.12. The quantitative estimate of drug-likeness (QED) is 0.189. The van der Waals surface area contributed by atoms with Crippen LogP contribution < -0.4 is 0 Å². The standard InChI is InChI=1S/C54H45N3O2/c1-53(2,3)38-23-24-45(43(32-38)33-15-8-7-9-16-33)57-46-21-14-20-40(50(46)56-52(57)42-19-12-13-22-47(42)58)36-27-37(29-39(28-36)54(4,5)6)49-51-41(25-26-55-49)44-30-34-17-10-11-18-35(34)31-48(44)59-51/h7-32,58H,1-6H3. The van der Waals surface area contributed by atoms with Crippen molar-refractivity contribution in [2.45, 2.75) is 52.4 Å². The highest BCUT2D eigenvalue weighted by atomic mass is 16.3. The lowest BCUT2D eigenvalue weighted by molar-refractivity contribution is 0.477. The molecule has 3 heterocycles. The second-order valence-corrected chi connectivity index (χ2v) is 17.7. The predicted molar refractivity (Wildman–Crippen MR) is 244 cm³/mol. The first-order chi connectivity index (χ1) is 28.4. The lowest BCUT2D eigenvalue weighted by Crippen LogP contribution is -2.12. The van der Waals surface area contributed by atoms with Gasteiger partial charge in [0.05, 0.1) is 22.3 Å². The predicted octanol–water partition coefficient (Wildman–Crippen LogP) is 14.4. The van der Waals surface area contributed by atoms with Crippen LogP contribution in [0.15, 0.2) is 162 Å². The van der Waals surface area contributed by atoms with E-state index in [1.165, 1.54) is 16.5 Å². The van der Waals surface area contributed by atoms with Crippen LogP contribution in [-0.4, -0.2) is 19.6 Å². The van der Waals surface area contributed by atoms with Gasteiger partial charge in [-0.15, -0.1) is 0 Å². The van der Waals surface area contributed by atoms with Gasteiger partial charge in [-0.1, -0.05) is 133 Å². The summed E-state index contributed by atoms with van der Waals surface area (Å²) in [4.78, 5) is 10.5. The van der Waals surface area contributed by atoms with E-state index >= 15 is 0 Å². The zero-order valence-electron chi connectivity index (χ0n) is 34.2. The number of fused-ring (bicyclic) bond motifs is 5. The number of aromatic nitrogens is 3. The number of hydrogen-bond donors (Lipinski definition) is 1. The number of pyridine rings is 1. The number of furan rings is 1. The molecule has 7 aromatic carbocycles. The van der Waals surface area contributed by atoms with E-state index < -0.39 is 0 Å². The molecule has 0 unspecified atom stereocenters. The molecule has 10 aromatic rings. The van der Waals surface area contributed by atoms with Crippen LogP contribution in [0.4, 0.5) is 0 Å². The van der Waals surface area contributed by atoms with E-state index in [1.807, 2.05) is 24.4 Å². The number of aromatic hydroxyl groups is 1. The van der Waals surface area contributed by atoms with Gasteiger partial charge in [0.15, 0.2) is 5.58 Å². The summed E-state index contributed by atoms with van der Waals surface area (Å²) < 4.78 is 8.91. The third kappa shape index (κ3) is 6.25. The van der Waals surface area contributed by atoms with Crippen molar-refractivity contribution in [1.29, 1.82) is 0 Å². The number of imidazole rings is 1. The van der Waals surface area contributed by atoms with Gasteiger partial charge in [0, 0.05) is 33.7 Å². The zero-order valence-corrected chi connectivity index (χ0v) is 34.2. The SMILES string of the molecule is CC(C)(C)c1cc(-c2cccc3c2nc(-c2ccccc2O)n3-c2ccc(C(C)(C)C)cc2-c2ccccc2)cc(-c2nccc3c2oc2cc4ccccc4cc23)c1. The summed E-state index contributed by atoms with van der Waals surface area (Å²) >= 11 is 0. The summed E-state index contributed by atoms with van der Waals surface area (Å²) in [6, 6.07) is 52.7. The topological polar surface area (TPSA) is 64.1 Å².